The molecule has 4 N–H and O–H groups in total. The summed E-state index contributed by atoms with van der Waals surface area (Å²) in [5.41, 5.74) is 12.8. The molecule has 0 aromatic heterocycles. The summed E-state index contributed by atoms with van der Waals surface area (Å²) < 4.78 is 0. The molecule has 108 valence electrons. The van der Waals surface area contributed by atoms with Gasteiger partial charge < -0.3 is 21.3 Å². The maximum absolute atomic E-state index is 12.2. The number of nitrogens with zero attached hydrogens (tertiary/aromatic N) is 2. The first kappa shape index (κ1) is 14.2. The first-order valence-corrected chi connectivity index (χ1v) is 6.59. The molecule has 1 heterocycles. The van der Waals surface area contributed by atoms with E-state index in [1.807, 2.05) is 4.90 Å². The van der Waals surface area contributed by atoms with E-state index < -0.39 is 5.91 Å². The predicted octanol–water partition coefficient (Wildman–Crippen LogP) is 0.425. The number of amides is 2. The minimum atomic E-state index is -0.511. The number of benzene rings is 1. The van der Waals surface area contributed by atoms with Crippen molar-refractivity contribution in [1.82, 2.24) is 4.90 Å². The Kier molecular flexibility index (Phi) is 3.83. The van der Waals surface area contributed by atoms with Crippen molar-refractivity contribution in [3.05, 3.63) is 23.8 Å². The van der Waals surface area contributed by atoms with Crippen LogP contribution in [0.25, 0.3) is 0 Å². The zero-order valence-electron chi connectivity index (χ0n) is 11.8. The average molecular weight is 276 g/mol. The predicted molar refractivity (Wildman–Crippen MR) is 78.4 cm³/mol. The quantitative estimate of drug-likeness (QED) is 0.783. The van der Waals surface area contributed by atoms with Crippen molar-refractivity contribution >= 4 is 23.2 Å². The Balaban J connectivity index is 2.42. The third-order valence-corrected chi connectivity index (χ3v) is 3.58. The molecule has 0 bridgehead atoms. The molecule has 0 spiro atoms. The van der Waals surface area contributed by atoms with Crippen molar-refractivity contribution in [2.75, 3.05) is 31.3 Å². The normalized spacial score (nSPS) is 18.1. The molecule has 0 saturated carbocycles. The van der Waals surface area contributed by atoms with E-state index in [4.69, 9.17) is 11.5 Å². The van der Waals surface area contributed by atoms with Gasteiger partial charge in [0.25, 0.3) is 5.91 Å². The van der Waals surface area contributed by atoms with E-state index in [-0.39, 0.29) is 11.9 Å². The van der Waals surface area contributed by atoms with Gasteiger partial charge in [0, 0.05) is 26.3 Å². The zero-order chi connectivity index (χ0) is 14.9. The largest absolute Gasteiger partial charge is 0.399 e. The molecule has 0 radical (unpaired) electrons. The molecule has 2 amide bonds. The fourth-order valence-corrected chi connectivity index (χ4v) is 2.60. The molecule has 1 aliphatic rings. The van der Waals surface area contributed by atoms with Crippen LogP contribution in [-0.2, 0) is 4.79 Å². The highest BCUT2D eigenvalue weighted by atomic mass is 16.2. The Labute approximate surface area is 118 Å². The maximum Gasteiger partial charge on any atom is 0.250 e. The minimum Gasteiger partial charge on any atom is -0.399 e. The standard InChI is InChI=1S/C14H20N4O2/c1-17(2)14(20)11-4-3-7-18(11)12-8-9(15)5-6-10(12)13(16)19/h5-6,8,11H,3-4,7,15H2,1-2H3,(H2,16,19). The van der Waals surface area contributed by atoms with Gasteiger partial charge in [-0.1, -0.05) is 0 Å². The van der Waals surface area contributed by atoms with Crippen molar-refractivity contribution in [2.45, 2.75) is 18.9 Å². The van der Waals surface area contributed by atoms with Crippen molar-refractivity contribution < 1.29 is 9.59 Å². The average Bonchev–Trinajstić information content (AvgIpc) is 2.85. The minimum absolute atomic E-state index is 0.0281. The molecular weight excluding hydrogens is 256 g/mol. The lowest BCUT2D eigenvalue weighted by atomic mass is 10.1. The van der Waals surface area contributed by atoms with Gasteiger partial charge in [0.2, 0.25) is 5.91 Å². The molecule has 2 rings (SSSR count). The Bertz CT molecular complexity index is 542. The van der Waals surface area contributed by atoms with Crippen LogP contribution in [0.2, 0.25) is 0 Å². The fourth-order valence-electron chi connectivity index (χ4n) is 2.60. The first-order chi connectivity index (χ1) is 9.41. The summed E-state index contributed by atoms with van der Waals surface area (Å²) in [6.07, 6.45) is 1.67. The van der Waals surface area contributed by atoms with Gasteiger partial charge in [0.1, 0.15) is 6.04 Å². The van der Waals surface area contributed by atoms with Crippen LogP contribution < -0.4 is 16.4 Å². The van der Waals surface area contributed by atoms with Crippen LogP contribution in [0.3, 0.4) is 0 Å². The summed E-state index contributed by atoms with van der Waals surface area (Å²) in [7, 11) is 3.46. The fraction of sp³-hybridized carbons (Fsp3) is 0.429. The van der Waals surface area contributed by atoms with Crippen molar-refractivity contribution in [3.63, 3.8) is 0 Å². The molecule has 1 aliphatic heterocycles. The number of nitrogen functional groups attached to an aromatic ring is 1. The number of anilines is 2. The van der Waals surface area contributed by atoms with E-state index in [1.165, 1.54) is 0 Å². The Morgan fingerprint density at radius 3 is 2.65 bits per heavy atom. The van der Waals surface area contributed by atoms with Gasteiger partial charge in [-0.05, 0) is 31.0 Å². The molecule has 1 unspecified atom stereocenters. The second-order valence-electron chi connectivity index (χ2n) is 5.22. The smallest absolute Gasteiger partial charge is 0.250 e. The van der Waals surface area contributed by atoms with E-state index in [2.05, 4.69) is 0 Å². The molecular formula is C14H20N4O2. The summed E-state index contributed by atoms with van der Waals surface area (Å²) in [4.78, 5) is 27.3. The third kappa shape index (κ3) is 2.54. The van der Waals surface area contributed by atoms with E-state index in [0.717, 1.165) is 12.8 Å². The lowest BCUT2D eigenvalue weighted by Crippen LogP contribution is -2.43. The summed E-state index contributed by atoms with van der Waals surface area (Å²) in [5, 5.41) is 0. The highest BCUT2D eigenvalue weighted by molar-refractivity contribution is 6.00. The van der Waals surface area contributed by atoms with Gasteiger partial charge in [-0.3, -0.25) is 9.59 Å². The third-order valence-electron chi connectivity index (χ3n) is 3.58. The molecule has 1 aromatic rings. The van der Waals surface area contributed by atoms with Crippen molar-refractivity contribution in [1.29, 1.82) is 0 Å². The Hall–Kier alpha value is -2.24. The summed E-state index contributed by atoms with van der Waals surface area (Å²) >= 11 is 0. The van der Waals surface area contributed by atoms with Crippen LogP contribution in [0.5, 0.6) is 0 Å². The van der Waals surface area contributed by atoms with E-state index >= 15 is 0 Å². The molecule has 1 saturated heterocycles. The molecule has 20 heavy (non-hydrogen) atoms. The van der Waals surface area contributed by atoms with Crippen LogP contribution in [0.1, 0.15) is 23.2 Å². The van der Waals surface area contributed by atoms with E-state index in [1.54, 1.807) is 37.2 Å². The number of likely N-dealkylation sites (N-methyl/N-ethyl adjacent to an activating group) is 1. The maximum atomic E-state index is 12.2. The summed E-state index contributed by atoms with van der Waals surface area (Å²) in [6.45, 7) is 0.716. The Morgan fingerprint density at radius 1 is 1.35 bits per heavy atom. The van der Waals surface area contributed by atoms with Crippen LogP contribution in [0.4, 0.5) is 11.4 Å². The number of primary amides is 1. The lowest BCUT2D eigenvalue weighted by Gasteiger charge is -2.29. The van der Waals surface area contributed by atoms with Gasteiger partial charge in [-0.15, -0.1) is 0 Å². The second kappa shape index (κ2) is 5.40. The lowest BCUT2D eigenvalue weighted by molar-refractivity contribution is -0.129. The molecule has 0 aliphatic carbocycles. The topological polar surface area (TPSA) is 92.7 Å². The monoisotopic (exact) mass is 276 g/mol. The number of rotatable bonds is 3. The van der Waals surface area contributed by atoms with Crippen LogP contribution >= 0.6 is 0 Å². The van der Waals surface area contributed by atoms with Crippen LogP contribution in [-0.4, -0.2) is 43.4 Å². The molecule has 1 atom stereocenters. The summed E-state index contributed by atoms with van der Waals surface area (Å²) in [5.74, 6) is -0.483. The molecule has 6 nitrogen and oxygen atoms in total. The molecule has 1 aromatic carbocycles. The first-order valence-electron chi connectivity index (χ1n) is 6.59. The van der Waals surface area contributed by atoms with Crippen LogP contribution in [0, 0.1) is 0 Å². The van der Waals surface area contributed by atoms with Crippen molar-refractivity contribution in [3.8, 4) is 0 Å². The van der Waals surface area contributed by atoms with Gasteiger partial charge in [-0.25, -0.2) is 0 Å². The second-order valence-corrected chi connectivity index (χ2v) is 5.22. The highest BCUT2D eigenvalue weighted by Gasteiger charge is 2.33. The van der Waals surface area contributed by atoms with Gasteiger partial charge in [0.15, 0.2) is 0 Å². The van der Waals surface area contributed by atoms with Gasteiger partial charge >= 0.3 is 0 Å². The van der Waals surface area contributed by atoms with E-state index in [0.29, 0.717) is 23.5 Å². The van der Waals surface area contributed by atoms with Crippen LogP contribution in [0.15, 0.2) is 18.2 Å². The van der Waals surface area contributed by atoms with Crippen molar-refractivity contribution in [2.24, 2.45) is 5.73 Å². The number of hydrogen-bond donors (Lipinski definition) is 2. The number of nitrogens with two attached hydrogens (primary N) is 2. The van der Waals surface area contributed by atoms with Gasteiger partial charge in [-0.2, -0.15) is 0 Å². The Morgan fingerprint density at radius 2 is 2.05 bits per heavy atom. The van der Waals surface area contributed by atoms with Gasteiger partial charge in [0.05, 0.1) is 11.3 Å². The molecule has 6 heteroatoms. The number of carbonyl (C=O) groups excluding carboxylic acids is 2. The summed E-state index contributed by atoms with van der Waals surface area (Å²) in [6, 6.07) is 4.71. The number of carbonyl (C=O) groups is 2. The molecule has 1 fully saturated rings. The van der Waals surface area contributed by atoms with E-state index in [9.17, 15) is 9.59 Å². The highest BCUT2D eigenvalue weighted by Crippen LogP contribution is 2.31. The number of hydrogen-bond acceptors (Lipinski definition) is 4. The zero-order valence-corrected chi connectivity index (χ0v) is 11.8. The SMILES string of the molecule is CN(C)C(=O)C1CCCN1c1cc(N)ccc1C(N)=O.